The number of hydrogen-bond donors (Lipinski definition) is 1. The molecule has 0 aliphatic carbocycles. The van der Waals surface area contributed by atoms with E-state index in [4.69, 9.17) is 9.84 Å². The molecule has 0 aromatic heterocycles. The van der Waals surface area contributed by atoms with Crippen molar-refractivity contribution in [3.63, 3.8) is 0 Å². The van der Waals surface area contributed by atoms with Crippen molar-refractivity contribution in [3.8, 4) is 0 Å². The van der Waals surface area contributed by atoms with Crippen LogP contribution in [0.3, 0.4) is 0 Å². The minimum absolute atomic E-state index is 0.0171. The molecular formula is C47H84O4. The van der Waals surface area contributed by atoms with E-state index in [1.165, 1.54) is 122 Å². The largest absolute Gasteiger partial charge is 0.481 e. The molecule has 296 valence electrons. The highest BCUT2D eigenvalue weighted by molar-refractivity contribution is 5.69. The molecule has 0 heterocycles. The van der Waals surface area contributed by atoms with Gasteiger partial charge in [0.05, 0.1) is 0 Å². The van der Waals surface area contributed by atoms with Gasteiger partial charge in [0.25, 0.3) is 0 Å². The summed E-state index contributed by atoms with van der Waals surface area (Å²) in [7, 11) is 0. The van der Waals surface area contributed by atoms with Crippen LogP contribution >= 0.6 is 0 Å². The van der Waals surface area contributed by atoms with Gasteiger partial charge in [-0.3, -0.25) is 9.59 Å². The van der Waals surface area contributed by atoms with Crippen molar-refractivity contribution < 1.29 is 19.4 Å². The zero-order valence-corrected chi connectivity index (χ0v) is 33.9. The SMILES string of the molecule is CCCCCC/C=C\C/C=C\CCCCCCCCCC(=O)OC(CCCCC/C=C\C/C=C\CCCCCCC)CCCCCCCC(=O)O. The summed E-state index contributed by atoms with van der Waals surface area (Å²) in [6, 6.07) is 0. The fourth-order valence-electron chi connectivity index (χ4n) is 6.48. The second-order valence-electron chi connectivity index (χ2n) is 14.9. The lowest BCUT2D eigenvalue weighted by Crippen LogP contribution is -2.18. The van der Waals surface area contributed by atoms with Crippen LogP contribution in [0.1, 0.15) is 232 Å². The maximum atomic E-state index is 12.7. The van der Waals surface area contributed by atoms with Gasteiger partial charge in [-0.2, -0.15) is 0 Å². The van der Waals surface area contributed by atoms with Crippen LogP contribution in [0, 0.1) is 0 Å². The maximum Gasteiger partial charge on any atom is 0.306 e. The van der Waals surface area contributed by atoms with Crippen molar-refractivity contribution in [2.75, 3.05) is 0 Å². The van der Waals surface area contributed by atoms with Gasteiger partial charge in [0, 0.05) is 12.8 Å². The van der Waals surface area contributed by atoms with Crippen LogP contribution in [0.4, 0.5) is 0 Å². The van der Waals surface area contributed by atoms with Crippen molar-refractivity contribution in [1.82, 2.24) is 0 Å². The van der Waals surface area contributed by atoms with Gasteiger partial charge in [0.2, 0.25) is 0 Å². The summed E-state index contributed by atoms with van der Waals surface area (Å²) in [6.07, 6.45) is 57.0. The van der Waals surface area contributed by atoms with Crippen molar-refractivity contribution in [3.05, 3.63) is 48.6 Å². The molecule has 0 rings (SSSR count). The zero-order chi connectivity index (χ0) is 37.1. The summed E-state index contributed by atoms with van der Waals surface area (Å²) in [5.74, 6) is -0.722. The van der Waals surface area contributed by atoms with Gasteiger partial charge in [-0.1, -0.05) is 165 Å². The number of hydrogen-bond acceptors (Lipinski definition) is 3. The van der Waals surface area contributed by atoms with E-state index >= 15 is 0 Å². The topological polar surface area (TPSA) is 63.6 Å². The first kappa shape index (κ1) is 48.9. The van der Waals surface area contributed by atoms with Crippen LogP contribution in [-0.4, -0.2) is 23.1 Å². The Bertz CT molecular complexity index is 854. The predicted molar refractivity (Wildman–Crippen MR) is 222 cm³/mol. The molecule has 0 bridgehead atoms. The monoisotopic (exact) mass is 713 g/mol. The molecule has 0 saturated heterocycles. The quantitative estimate of drug-likeness (QED) is 0.0390. The Kier molecular flexibility index (Phi) is 40.6. The second-order valence-corrected chi connectivity index (χ2v) is 14.9. The maximum absolute atomic E-state index is 12.7. The Morgan fingerprint density at radius 1 is 0.431 bits per heavy atom. The summed E-state index contributed by atoms with van der Waals surface area (Å²) in [4.78, 5) is 23.5. The molecule has 4 nitrogen and oxygen atoms in total. The molecule has 1 atom stereocenters. The van der Waals surface area contributed by atoms with Crippen LogP contribution in [-0.2, 0) is 14.3 Å². The first-order valence-electron chi connectivity index (χ1n) is 22.1. The third-order valence-corrected chi connectivity index (χ3v) is 9.77. The zero-order valence-electron chi connectivity index (χ0n) is 33.9. The van der Waals surface area contributed by atoms with Gasteiger partial charge in [-0.25, -0.2) is 0 Å². The lowest BCUT2D eigenvalue weighted by atomic mass is 10.0. The minimum Gasteiger partial charge on any atom is -0.481 e. The van der Waals surface area contributed by atoms with E-state index in [1.54, 1.807) is 0 Å². The molecule has 0 spiro atoms. The number of carbonyl (C=O) groups excluding carboxylic acids is 1. The number of carbonyl (C=O) groups is 2. The molecule has 0 saturated carbocycles. The minimum atomic E-state index is -0.705. The molecule has 0 aliphatic rings. The van der Waals surface area contributed by atoms with Crippen LogP contribution < -0.4 is 0 Å². The van der Waals surface area contributed by atoms with E-state index in [0.717, 1.165) is 83.5 Å². The summed E-state index contributed by atoms with van der Waals surface area (Å²) in [5.41, 5.74) is 0. The van der Waals surface area contributed by atoms with E-state index in [0.29, 0.717) is 6.42 Å². The van der Waals surface area contributed by atoms with Crippen LogP contribution in [0.2, 0.25) is 0 Å². The number of allylic oxidation sites excluding steroid dienone is 8. The number of aliphatic carboxylic acids is 1. The molecule has 0 aromatic rings. The van der Waals surface area contributed by atoms with Crippen molar-refractivity contribution in [2.45, 2.75) is 238 Å². The molecule has 51 heavy (non-hydrogen) atoms. The van der Waals surface area contributed by atoms with Crippen LogP contribution in [0.15, 0.2) is 48.6 Å². The summed E-state index contributed by atoms with van der Waals surface area (Å²) in [6.45, 7) is 4.53. The third kappa shape index (κ3) is 42.2. The third-order valence-electron chi connectivity index (χ3n) is 9.77. The van der Waals surface area contributed by atoms with Crippen molar-refractivity contribution >= 4 is 11.9 Å². The average Bonchev–Trinajstić information content (AvgIpc) is 3.12. The van der Waals surface area contributed by atoms with Gasteiger partial charge in [-0.15, -0.1) is 0 Å². The van der Waals surface area contributed by atoms with E-state index in [-0.39, 0.29) is 18.5 Å². The summed E-state index contributed by atoms with van der Waals surface area (Å²) >= 11 is 0. The number of rotatable bonds is 40. The summed E-state index contributed by atoms with van der Waals surface area (Å²) < 4.78 is 6.01. The smallest absolute Gasteiger partial charge is 0.306 e. The fraction of sp³-hybridized carbons (Fsp3) is 0.787. The molecule has 0 radical (unpaired) electrons. The summed E-state index contributed by atoms with van der Waals surface area (Å²) in [5, 5.41) is 8.84. The Morgan fingerprint density at radius 2 is 0.765 bits per heavy atom. The lowest BCUT2D eigenvalue weighted by Gasteiger charge is -2.18. The van der Waals surface area contributed by atoms with E-state index in [2.05, 4.69) is 62.5 Å². The molecule has 1 N–H and O–H groups in total. The lowest BCUT2D eigenvalue weighted by molar-refractivity contribution is -0.150. The van der Waals surface area contributed by atoms with E-state index in [1.807, 2.05) is 0 Å². The van der Waals surface area contributed by atoms with E-state index < -0.39 is 5.97 Å². The van der Waals surface area contributed by atoms with Gasteiger partial charge in [-0.05, 0) is 103 Å². The second kappa shape index (κ2) is 42.3. The molecule has 0 fully saturated rings. The number of carboxylic acids is 1. The average molecular weight is 713 g/mol. The molecule has 0 amide bonds. The van der Waals surface area contributed by atoms with Gasteiger partial charge in [0.15, 0.2) is 0 Å². The van der Waals surface area contributed by atoms with Gasteiger partial charge >= 0.3 is 11.9 Å². The number of ether oxygens (including phenoxy) is 1. The Balaban J connectivity index is 4.08. The highest BCUT2D eigenvalue weighted by Crippen LogP contribution is 2.18. The first-order chi connectivity index (χ1) is 25.1. The molecule has 1 unspecified atom stereocenters. The number of esters is 1. The van der Waals surface area contributed by atoms with E-state index in [9.17, 15) is 9.59 Å². The van der Waals surface area contributed by atoms with Gasteiger partial charge < -0.3 is 9.84 Å². The highest BCUT2D eigenvalue weighted by Gasteiger charge is 2.14. The normalized spacial score (nSPS) is 12.7. The van der Waals surface area contributed by atoms with Crippen molar-refractivity contribution in [1.29, 1.82) is 0 Å². The Hall–Kier alpha value is -2.10. The number of carboxylic acid groups (broad SMARTS) is 1. The van der Waals surface area contributed by atoms with Crippen LogP contribution in [0.25, 0.3) is 0 Å². The predicted octanol–water partition coefficient (Wildman–Crippen LogP) is 15.5. The Labute approximate surface area is 317 Å². The van der Waals surface area contributed by atoms with Gasteiger partial charge in [0.1, 0.15) is 6.10 Å². The standard InChI is InChI=1S/C47H84O4/c1-3-5-7-9-11-13-15-17-19-20-21-23-25-27-29-31-36-40-44-47(50)51-45(42-38-34-32-35-39-43-46(48)49)41-37-33-30-28-26-24-22-18-16-14-12-10-8-6-4-2/h13,15-16,18-20,24,26,45H,3-12,14,17,21-23,25,27-44H2,1-2H3,(H,48,49)/b15-13-,18-16-,20-19-,26-24-. The van der Waals surface area contributed by atoms with Crippen LogP contribution in [0.5, 0.6) is 0 Å². The molecular weight excluding hydrogens is 629 g/mol. The molecule has 0 aromatic carbocycles. The Morgan fingerprint density at radius 3 is 1.20 bits per heavy atom. The first-order valence-corrected chi connectivity index (χ1v) is 22.1. The molecule has 0 aliphatic heterocycles. The van der Waals surface area contributed by atoms with Crippen molar-refractivity contribution in [2.24, 2.45) is 0 Å². The highest BCUT2D eigenvalue weighted by atomic mass is 16.5. The number of unbranched alkanes of at least 4 members (excludes halogenated alkanes) is 23. The molecule has 4 heteroatoms. The fourth-order valence-corrected chi connectivity index (χ4v) is 6.48.